The Labute approximate surface area is 99.4 Å². The normalized spacial score (nSPS) is 18.2. The van der Waals surface area contributed by atoms with Gasteiger partial charge in [-0.25, -0.2) is 0 Å². The molecule has 0 aromatic heterocycles. The zero-order valence-corrected chi connectivity index (χ0v) is 10.9. The van der Waals surface area contributed by atoms with Gasteiger partial charge in [0.05, 0.1) is 13.3 Å². The van der Waals surface area contributed by atoms with Gasteiger partial charge in [0, 0.05) is 52.0 Å². The predicted molar refractivity (Wildman–Crippen MR) is 68.3 cm³/mol. The molecule has 0 spiro atoms. The number of hydrogen-bond acceptors (Lipinski definition) is 4. The van der Waals surface area contributed by atoms with Crippen LogP contribution in [0, 0.1) is 0 Å². The molecule has 0 saturated carbocycles. The van der Waals surface area contributed by atoms with E-state index in [4.69, 9.17) is 0 Å². The molecule has 0 N–H and O–H groups in total. The summed E-state index contributed by atoms with van der Waals surface area (Å²) in [6, 6.07) is 0. The Hall–Kier alpha value is -1.32. The number of nitrogens with zero attached hydrogens (tertiary/aromatic N) is 4. The third-order valence-electron chi connectivity index (χ3n) is 2.69. The van der Waals surface area contributed by atoms with Gasteiger partial charge in [-0.15, -0.1) is 0 Å². The van der Waals surface area contributed by atoms with Gasteiger partial charge in [-0.1, -0.05) is 0 Å². The second kappa shape index (κ2) is 6.30. The molecule has 0 aliphatic carbocycles. The van der Waals surface area contributed by atoms with Crippen molar-refractivity contribution in [3.8, 4) is 0 Å². The molecule has 0 amide bonds. The van der Waals surface area contributed by atoms with Crippen molar-refractivity contribution in [1.29, 1.82) is 0 Å². The molecule has 2 rings (SSSR count). The molecule has 0 bridgehead atoms. The highest BCUT2D eigenvalue weighted by Gasteiger charge is 2.03. The van der Waals surface area contributed by atoms with Crippen LogP contribution >= 0.6 is 0 Å². The Morgan fingerprint density at radius 1 is 0.750 bits per heavy atom. The van der Waals surface area contributed by atoms with Gasteiger partial charge in [0.15, 0.2) is 0 Å². The van der Waals surface area contributed by atoms with Crippen molar-refractivity contribution in [3.05, 3.63) is 24.8 Å². The molecule has 0 saturated heterocycles. The molecular formula is C12H24N4. The largest absolute Gasteiger partial charge is 0.362 e. The van der Waals surface area contributed by atoms with Crippen LogP contribution in [0.5, 0.6) is 0 Å². The smallest absolute Gasteiger partial charge is 0.0890 e. The summed E-state index contributed by atoms with van der Waals surface area (Å²) in [5, 5.41) is 0. The summed E-state index contributed by atoms with van der Waals surface area (Å²) >= 11 is 0. The average Bonchev–Trinajstić information content (AvgIpc) is 2.88. The fourth-order valence-electron chi connectivity index (χ4n) is 1.59. The highest BCUT2D eigenvalue weighted by atomic mass is 15.3. The SMILES string of the molecule is CCN1C=CN(C)C1.CCN1C=CN(C)C1. The average molecular weight is 224 g/mol. The molecule has 4 nitrogen and oxygen atoms in total. The van der Waals surface area contributed by atoms with Crippen molar-refractivity contribution >= 4 is 0 Å². The van der Waals surface area contributed by atoms with Gasteiger partial charge in [0.2, 0.25) is 0 Å². The molecule has 4 heteroatoms. The van der Waals surface area contributed by atoms with E-state index < -0.39 is 0 Å². The topological polar surface area (TPSA) is 13.0 Å². The van der Waals surface area contributed by atoms with Crippen LogP contribution in [0.3, 0.4) is 0 Å². The highest BCUT2D eigenvalue weighted by Crippen LogP contribution is 2.01. The van der Waals surface area contributed by atoms with Crippen LogP contribution in [0.25, 0.3) is 0 Å². The molecular weight excluding hydrogens is 200 g/mol. The molecule has 0 radical (unpaired) electrons. The first-order valence-corrected chi connectivity index (χ1v) is 5.91. The van der Waals surface area contributed by atoms with Crippen LogP contribution in [-0.2, 0) is 0 Å². The summed E-state index contributed by atoms with van der Waals surface area (Å²) < 4.78 is 0. The maximum absolute atomic E-state index is 2.25. The third kappa shape index (κ3) is 4.04. The molecule has 0 atom stereocenters. The molecule has 2 heterocycles. The van der Waals surface area contributed by atoms with Crippen LogP contribution in [-0.4, -0.2) is 60.1 Å². The zero-order chi connectivity index (χ0) is 12.0. The lowest BCUT2D eigenvalue weighted by molar-refractivity contribution is 0.308. The minimum atomic E-state index is 1.05. The van der Waals surface area contributed by atoms with E-state index in [9.17, 15) is 0 Å². The van der Waals surface area contributed by atoms with Gasteiger partial charge >= 0.3 is 0 Å². The van der Waals surface area contributed by atoms with Gasteiger partial charge in [-0.2, -0.15) is 0 Å². The molecule has 0 aromatic rings. The Morgan fingerprint density at radius 2 is 1.12 bits per heavy atom. The van der Waals surface area contributed by atoms with E-state index in [0.717, 1.165) is 26.4 Å². The van der Waals surface area contributed by atoms with E-state index in [1.807, 2.05) is 0 Å². The zero-order valence-electron chi connectivity index (χ0n) is 10.9. The second-order valence-electron chi connectivity index (χ2n) is 4.20. The standard InChI is InChI=1S/2C6H12N2/c2*1-3-8-5-4-7(2)6-8/h2*4-5H,3,6H2,1-2H3. The summed E-state index contributed by atoms with van der Waals surface area (Å²) in [7, 11) is 4.15. The fourth-order valence-corrected chi connectivity index (χ4v) is 1.59. The number of rotatable bonds is 2. The molecule has 16 heavy (non-hydrogen) atoms. The first-order valence-electron chi connectivity index (χ1n) is 5.91. The van der Waals surface area contributed by atoms with E-state index in [1.54, 1.807) is 0 Å². The first-order chi connectivity index (χ1) is 7.65. The quantitative estimate of drug-likeness (QED) is 0.702. The Bertz CT molecular complexity index is 223. The first kappa shape index (κ1) is 12.7. The van der Waals surface area contributed by atoms with E-state index in [0.29, 0.717) is 0 Å². The number of hydrogen-bond donors (Lipinski definition) is 0. The van der Waals surface area contributed by atoms with Gasteiger partial charge in [0.1, 0.15) is 0 Å². The minimum absolute atomic E-state index is 1.05. The van der Waals surface area contributed by atoms with Crippen LogP contribution < -0.4 is 0 Å². The Balaban J connectivity index is 0.000000160. The summed E-state index contributed by atoms with van der Waals surface area (Å²) in [5.41, 5.74) is 0. The van der Waals surface area contributed by atoms with Crippen LogP contribution in [0.2, 0.25) is 0 Å². The predicted octanol–water partition coefficient (Wildman–Crippen LogP) is 1.36. The fraction of sp³-hybridized carbons (Fsp3) is 0.667. The highest BCUT2D eigenvalue weighted by molar-refractivity contribution is 4.88. The third-order valence-corrected chi connectivity index (χ3v) is 2.69. The van der Waals surface area contributed by atoms with Gasteiger partial charge in [-0.05, 0) is 13.8 Å². The van der Waals surface area contributed by atoms with E-state index in [-0.39, 0.29) is 0 Å². The van der Waals surface area contributed by atoms with Crippen molar-refractivity contribution in [3.63, 3.8) is 0 Å². The van der Waals surface area contributed by atoms with Gasteiger partial charge < -0.3 is 19.6 Å². The lowest BCUT2D eigenvalue weighted by Gasteiger charge is -2.14. The molecule has 92 valence electrons. The van der Waals surface area contributed by atoms with E-state index in [2.05, 4.69) is 72.3 Å². The lowest BCUT2D eigenvalue weighted by Crippen LogP contribution is -2.21. The van der Waals surface area contributed by atoms with E-state index >= 15 is 0 Å². The van der Waals surface area contributed by atoms with Crippen molar-refractivity contribution in [2.75, 3.05) is 40.5 Å². The molecule has 0 fully saturated rings. The lowest BCUT2D eigenvalue weighted by atomic mass is 10.6. The molecule has 2 aliphatic heterocycles. The van der Waals surface area contributed by atoms with Crippen LogP contribution in [0.1, 0.15) is 13.8 Å². The van der Waals surface area contributed by atoms with Crippen LogP contribution in [0.4, 0.5) is 0 Å². The minimum Gasteiger partial charge on any atom is -0.362 e. The monoisotopic (exact) mass is 224 g/mol. The maximum Gasteiger partial charge on any atom is 0.0890 e. The summed E-state index contributed by atoms with van der Waals surface area (Å²) in [6.07, 6.45) is 8.40. The summed E-state index contributed by atoms with van der Waals surface area (Å²) in [4.78, 5) is 8.81. The van der Waals surface area contributed by atoms with Crippen molar-refractivity contribution < 1.29 is 0 Å². The van der Waals surface area contributed by atoms with Crippen molar-refractivity contribution in [2.45, 2.75) is 13.8 Å². The van der Waals surface area contributed by atoms with E-state index in [1.165, 1.54) is 0 Å². The summed E-state index contributed by atoms with van der Waals surface area (Å²) in [5.74, 6) is 0. The van der Waals surface area contributed by atoms with Crippen LogP contribution in [0.15, 0.2) is 24.8 Å². The van der Waals surface area contributed by atoms with Gasteiger partial charge in [0.25, 0.3) is 0 Å². The second-order valence-corrected chi connectivity index (χ2v) is 4.20. The summed E-state index contributed by atoms with van der Waals surface area (Å²) in [6.45, 7) is 8.64. The Morgan fingerprint density at radius 3 is 1.25 bits per heavy atom. The molecule has 0 unspecified atom stereocenters. The molecule has 0 aromatic carbocycles. The Kier molecular flexibility index (Phi) is 5.02. The molecule has 2 aliphatic rings. The van der Waals surface area contributed by atoms with Gasteiger partial charge in [-0.3, -0.25) is 0 Å². The maximum atomic E-state index is 2.25. The van der Waals surface area contributed by atoms with Crippen molar-refractivity contribution in [1.82, 2.24) is 19.6 Å². The van der Waals surface area contributed by atoms with Crippen molar-refractivity contribution in [2.24, 2.45) is 0 Å².